The predicted octanol–water partition coefficient (Wildman–Crippen LogP) is 1.90. The monoisotopic (exact) mass is 319 g/mol. The molecule has 0 aliphatic carbocycles. The van der Waals surface area contributed by atoms with Crippen LogP contribution in [0.5, 0.6) is 0 Å². The summed E-state index contributed by atoms with van der Waals surface area (Å²) >= 11 is 0. The summed E-state index contributed by atoms with van der Waals surface area (Å²) in [5.41, 5.74) is 0.277. The number of carbonyl (C=O) groups excluding carboxylic acids is 1. The molecule has 0 unspecified atom stereocenters. The molecule has 0 atom stereocenters. The van der Waals surface area contributed by atoms with E-state index in [1.54, 1.807) is 24.4 Å². The van der Waals surface area contributed by atoms with Crippen molar-refractivity contribution in [3.05, 3.63) is 48.3 Å². The highest BCUT2D eigenvalue weighted by Crippen LogP contribution is 2.30. The van der Waals surface area contributed by atoms with Gasteiger partial charge in [0.2, 0.25) is 0 Å². The molecule has 0 radical (unpaired) electrons. The average Bonchev–Trinajstić information content (AvgIpc) is 3.08. The van der Waals surface area contributed by atoms with Gasteiger partial charge in [0.05, 0.1) is 5.56 Å². The number of carbonyl (C=O) groups is 1. The highest BCUT2D eigenvalue weighted by atomic mass is 32.2. The van der Waals surface area contributed by atoms with Gasteiger partial charge < -0.3 is 0 Å². The van der Waals surface area contributed by atoms with Crippen molar-refractivity contribution >= 4 is 15.9 Å². The van der Waals surface area contributed by atoms with Gasteiger partial charge in [0.15, 0.2) is 0 Å². The lowest BCUT2D eigenvalue weighted by Gasteiger charge is -2.14. The number of nitrogens with zero attached hydrogens (tertiary/aromatic N) is 3. The lowest BCUT2D eigenvalue weighted by molar-refractivity contribution is 0.0869. The van der Waals surface area contributed by atoms with Crippen LogP contribution in [-0.4, -0.2) is 35.0 Å². The maximum atomic E-state index is 12.3. The molecular formula is C15H17N3O3S. The maximum Gasteiger partial charge on any atom is 0.269 e. The Morgan fingerprint density at radius 1 is 1.00 bits per heavy atom. The van der Waals surface area contributed by atoms with E-state index in [1.165, 1.54) is 6.07 Å². The minimum Gasteiger partial charge on any atom is -0.273 e. The fourth-order valence-electron chi connectivity index (χ4n) is 2.59. The van der Waals surface area contributed by atoms with Gasteiger partial charge in [0, 0.05) is 25.5 Å². The quantitative estimate of drug-likeness (QED) is 0.762. The van der Waals surface area contributed by atoms with Crippen molar-refractivity contribution in [3.8, 4) is 0 Å². The van der Waals surface area contributed by atoms with Crippen LogP contribution in [0.1, 0.15) is 29.6 Å². The first-order chi connectivity index (χ1) is 10.6. The summed E-state index contributed by atoms with van der Waals surface area (Å²) in [6, 6.07) is 8.23. The van der Waals surface area contributed by atoms with Crippen LogP contribution in [0.3, 0.4) is 0 Å². The summed E-state index contributed by atoms with van der Waals surface area (Å²) in [4.78, 5) is 12.3. The number of rotatable bonds is 6. The smallest absolute Gasteiger partial charge is 0.269 e. The van der Waals surface area contributed by atoms with Gasteiger partial charge in [-0.2, -0.15) is 5.10 Å². The Morgan fingerprint density at radius 3 is 2.50 bits per heavy atom. The number of aromatic nitrogens is 2. The first kappa shape index (κ1) is 14.8. The number of hydrogen-bond donors (Lipinski definition) is 0. The van der Waals surface area contributed by atoms with E-state index in [1.807, 2.05) is 16.9 Å². The van der Waals surface area contributed by atoms with Gasteiger partial charge in [-0.3, -0.25) is 9.48 Å². The van der Waals surface area contributed by atoms with Crippen molar-refractivity contribution in [1.29, 1.82) is 0 Å². The molecule has 0 bridgehead atoms. The topological polar surface area (TPSA) is 72.3 Å². The van der Waals surface area contributed by atoms with Gasteiger partial charge in [-0.25, -0.2) is 12.7 Å². The van der Waals surface area contributed by atoms with Crippen LogP contribution in [0.15, 0.2) is 47.6 Å². The molecule has 1 aliphatic heterocycles. The van der Waals surface area contributed by atoms with Crippen molar-refractivity contribution < 1.29 is 13.2 Å². The molecule has 2 aromatic rings. The summed E-state index contributed by atoms with van der Waals surface area (Å²) in [7, 11) is -3.66. The van der Waals surface area contributed by atoms with Crippen molar-refractivity contribution in [3.63, 3.8) is 0 Å². The summed E-state index contributed by atoms with van der Waals surface area (Å²) in [5.74, 6) is -0.414. The molecule has 0 saturated carbocycles. The van der Waals surface area contributed by atoms with Crippen LogP contribution in [0.2, 0.25) is 0 Å². The molecule has 1 aromatic carbocycles. The third kappa shape index (κ3) is 2.64. The molecule has 0 fully saturated rings. The molecule has 116 valence electrons. The van der Waals surface area contributed by atoms with Gasteiger partial charge in [-0.15, -0.1) is 0 Å². The molecule has 3 rings (SSSR count). The second kappa shape index (κ2) is 5.92. The molecule has 2 heterocycles. The van der Waals surface area contributed by atoms with E-state index >= 15 is 0 Å². The van der Waals surface area contributed by atoms with Gasteiger partial charge in [0.1, 0.15) is 4.90 Å². The molecule has 0 saturated heterocycles. The Morgan fingerprint density at radius 2 is 1.77 bits per heavy atom. The Hall–Kier alpha value is -2.15. The lowest BCUT2D eigenvalue weighted by Crippen LogP contribution is -2.31. The first-order valence-electron chi connectivity index (χ1n) is 7.24. The molecule has 1 amide bonds. The standard InChI is InChI=1S/C15H17N3O3S/c19-15-13-7-2-3-8-14(13)22(20,21)18(15)12-5-1-4-10-17-11-6-9-16-17/h2-3,6-9,11H,1,4-5,10,12H2. The van der Waals surface area contributed by atoms with E-state index in [4.69, 9.17) is 0 Å². The van der Waals surface area contributed by atoms with Crippen LogP contribution < -0.4 is 0 Å². The summed E-state index contributed by atoms with van der Waals surface area (Å²) in [5, 5.41) is 4.11. The van der Waals surface area contributed by atoms with Crippen molar-refractivity contribution in [1.82, 2.24) is 14.1 Å². The maximum absolute atomic E-state index is 12.3. The van der Waals surface area contributed by atoms with Gasteiger partial charge in [-0.05, 0) is 37.5 Å². The Balaban J connectivity index is 1.56. The molecule has 1 aromatic heterocycles. The molecule has 7 heteroatoms. The van der Waals surface area contributed by atoms with Crippen LogP contribution in [0.25, 0.3) is 0 Å². The fraction of sp³-hybridized carbons (Fsp3) is 0.333. The van der Waals surface area contributed by atoms with Crippen LogP contribution >= 0.6 is 0 Å². The zero-order chi connectivity index (χ0) is 15.6. The van der Waals surface area contributed by atoms with E-state index in [2.05, 4.69) is 5.10 Å². The fourth-order valence-corrected chi connectivity index (χ4v) is 4.20. The van der Waals surface area contributed by atoms with E-state index in [0.717, 1.165) is 23.7 Å². The van der Waals surface area contributed by atoms with E-state index in [-0.39, 0.29) is 17.0 Å². The van der Waals surface area contributed by atoms with E-state index < -0.39 is 15.9 Å². The molecule has 0 spiro atoms. The molecule has 1 aliphatic rings. The number of sulfonamides is 1. The predicted molar refractivity (Wildman–Crippen MR) is 80.7 cm³/mol. The van der Waals surface area contributed by atoms with Gasteiger partial charge in [-0.1, -0.05) is 12.1 Å². The first-order valence-corrected chi connectivity index (χ1v) is 8.68. The third-order valence-corrected chi connectivity index (χ3v) is 5.56. The van der Waals surface area contributed by atoms with Crippen molar-refractivity contribution in [2.24, 2.45) is 0 Å². The number of fused-ring (bicyclic) bond motifs is 1. The summed E-state index contributed by atoms with van der Waals surface area (Å²) in [6.45, 7) is 1.03. The SMILES string of the molecule is O=C1c2ccccc2S(=O)(=O)N1CCCCCn1cccn1. The van der Waals surface area contributed by atoms with Crippen LogP contribution in [0, 0.1) is 0 Å². The summed E-state index contributed by atoms with van der Waals surface area (Å²) in [6.07, 6.45) is 6.02. The normalized spacial score (nSPS) is 16.0. The van der Waals surface area contributed by atoms with Crippen molar-refractivity contribution in [2.75, 3.05) is 6.54 Å². The average molecular weight is 319 g/mol. The summed E-state index contributed by atoms with van der Waals surface area (Å²) < 4.78 is 27.5. The molecule has 22 heavy (non-hydrogen) atoms. The second-order valence-corrected chi connectivity index (χ2v) is 7.04. The third-order valence-electron chi connectivity index (χ3n) is 3.72. The molecule has 0 N–H and O–H groups in total. The number of hydrogen-bond acceptors (Lipinski definition) is 4. The molecule has 6 nitrogen and oxygen atoms in total. The number of unbranched alkanes of at least 4 members (excludes halogenated alkanes) is 2. The second-order valence-electron chi connectivity index (χ2n) is 5.21. The Bertz CT molecular complexity index is 769. The lowest BCUT2D eigenvalue weighted by atomic mass is 10.2. The Kier molecular flexibility index (Phi) is 3.98. The largest absolute Gasteiger partial charge is 0.273 e. The zero-order valence-electron chi connectivity index (χ0n) is 12.1. The Labute approximate surface area is 129 Å². The van der Waals surface area contributed by atoms with Gasteiger partial charge >= 0.3 is 0 Å². The van der Waals surface area contributed by atoms with Gasteiger partial charge in [0.25, 0.3) is 15.9 Å². The van der Waals surface area contributed by atoms with E-state index in [0.29, 0.717) is 6.42 Å². The minimum absolute atomic E-state index is 0.122. The minimum atomic E-state index is -3.66. The zero-order valence-corrected chi connectivity index (χ0v) is 12.9. The number of benzene rings is 1. The molecular weight excluding hydrogens is 302 g/mol. The highest BCUT2D eigenvalue weighted by Gasteiger charge is 2.40. The van der Waals surface area contributed by atoms with Crippen LogP contribution in [0.4, 0.5) is 0 Å². The van der Waals surface area contributed by atoms with Crippen LogP contribution in [-0.2, 0) is 16.6 Å². The van der Waals surface area contributed by atoms with E-state index in [9.17, 15) is 13.2 Å². The number of aryl methyl sites for hydroxylation is 1. The number of amides is 1. The highest BCUT2D eigenvalue weighted by molar-refractivity contribution is 7.90. The van der Waals surface area contributed by atoms with Crippen molar-refractivity contribution in [2.45, 2.75) is 30.7 Å².